The minimum absolute atomic E-state index is 0.0175. The number of phenolic OH excluding ortho intramolecular Hbond substituents is 4. The summed E-state index contributed by atoms with van der Waals surface area (Å²) >= 11 is 17.1. The maximum Gasteiger partial charge on any atom is 0.417 e. The van der Waals surface area contributed by atoms with E-state index in [4.69, 9.17) is 61.1 Å². The van der Waals surface area contributed by atoms with Crippen LogP contribution in [0.15, 0.2) is 267 Å². The van der Waals surface area contributed by atoms with Gasteiger partial charge < -0.3 is 77.9 Å². The van der Waals surface area contributed by atoms with E-state index in [1.165, 1.54) is 147 Å². The Morgan fingerprint density at radius 1 is 0.333 bits per heavy atom. The van der Waals surface area contributed by atoms with E-state index in [2.05, 4.69) is 47.3 Å². The van der Waals surface area contributed by atoms with Gasteiger partial charge in [0, 0.05) is 120 Å². The van der Waals surface area contributed by atoms with Gasteiger partial charge in [0.25, 0.3) is 0 Å². The van der Waals surface area contributed by atoms with Crippen LogP contribution in [0, 0.1) is 29.5 Å². The Hall–Kier alpha value is -13.1. The van der Waals surface area contributed by atoms with E-state index in [0.717, 1.165) is 160 Å². The van der Waals surface area contributed by atoms with Crippen LogP contribution >= 0.6 is 68.5 Å². The molecule has 4 saturated heterocycles. The van der Waals surface area contributed by atoms with Crippen molar-refractivity contribution in [2.45, 2.75) is 85.2 Å². The van der Waals surface area contributed by atoms with Gasteiger partial charge in [-0.2, -0.15) is 13.2 Å². The number of carbonyl (C=O) groups excluding carboxylic acids is 4. The Bertz CT molecular complexity index is 7040. The first-order valence-electron chi connectivity index (χ1n) is 49.2. The summed E-state index contributed by atoms with van der Waals surface area (Å²) in [4.78, 5) is 64.7. The Labute approximate surface area is 876 Å². The van der Waals surface area contributed by atoms with Crippen LogP contribution < -0.4 is 37.9 Å². The molecule has 4 fully saturated rings. The Balaban J connectivity index is 0.000000134. The third kappa shape index (κ3) is 27.7. The second kappa shape index (κ2) is 49.1. The smallest absolute Gasteiger partial charge is 0.417 e. The van der Waals surface area contributed by atoms with Gasteiger partial charge in [0.15, 0.2) is 23.0 Å². The van der Waals surface area contributed by atoms with Crippen molar-refractivity contribution in [3.05, 3.63) is 330 Å². The van der Waals surface area contributed by atoms with Crippen LogP contribution in [0.5, 0.6) is 92.0 Å². The van der Waals surface area contributed by atoms with E-state index in [-0.39, 0.29) is 51.0 Å². The highest BCUT2D eigenvalue weighted by molar-refractivity contribution is 7.22. The molecule has 147 heavy (non-hydrogen) atoms. The highest BCUT2D eigenvalue weighted by atomic mass is 35.5. The number of nitrogens with zero attached hydrogens (tertiary/aromatic N) is 4. The van der Waals surface area contributed by atoms with Crippen LogP contribution in [0.1, 0.15) is 146 Å². The summed E-state index contributed by atoms with van der Waals surface area (Å²) in [6.07, 6.45) is 4.29. The molecule has 4 aromatic heterocycles. The molecule has 4 aliphatic rings. The number of alkyl halides is 3. The number of benzene rings is 12. The van der Waals surface area contributed by atoms with Crippen molar-refractivity contribution >= 4 is 132 Å². The van der Waals surface area contributed by atoms with Gasteiger partial charge in [0.2, 0.25) is 23.1 Å². The zero-order valence-electron chi connectivity index (χ0n) is 81.6. The second-order valence-electron chi connectivity index (χ2n) is 37.5. The van der Waals surface area contributed by atoms with Crippen molar-refractivity contribution in [1.82, 2.24) is 19.6 Å². The molecule has 0 aliphatic carbocycles. The summed E-state index contributed by atoms with van der Waals surface area (Å²) in [5.74, 6) is 8.30. The van der Waals surface area contributed by atoms with Crippen LogP contribution in [-0.4, -0.2) is 168 Å². The number of halogens is 6. The molecular formula is C117H112Cl2F4N4O16S4. The summed E-state index contributed by atoms with van der Waals surface area (Å²) in [6.45, 7) is 25.3. The maximum absolute atomic E-state index is 13.6. The predicted molar refractivity (Wildman–Crippen MR) is 576 cm³/mol. The molecule has 0 spiro atoms. The number of likely N-dealkylation sites (tertiary alicyclic amines) is 4. The fraction of sp³-hybridized carbons (Fsp3) is 0.282. The van der Waals surface area contributed by atoms with Crippen molar-refractivity contribution in [2.75, 3.05) is 105 Å². The number of hydrogen-bond acceptors (Lipinski definition) is 24. The zero-order valence-corrected chi connectivity index (χ0v) is 86.3. The third-order valence-electron chi connectivity index (χ3n) is 25.9. The van der Waals surface area contributed by atoms with Gasteiger partial charge in [-0.05, 0) is 338 Å². The van der Waals surface area contributed by atoms with Crippen LogP contribution in [0.3, 0.4) is 0 Å². The van der Waals surface area contributed by atoms with Crippen LogP contribution in [-0.2, 0) is 6.18 Å². The minimum Gasteiger partial charge on any atom is -0.508 e. The molecule has 0 saturated carbocycles. The summed E-state index contributed by atoms with van der Waals surface area (Å²) < 4.78 is 105. The molecule has 0 amide bonds. The molecule has 4 N–H and O–H groups in total. The van der Waals surface area contributed by atoms with Gasteiger partial charge in [-0.25, -0.2) is 4.39 Å². The quantitative estimate of drug-likeness (QED) is 0.0162. The molecule has 0 bridgehead atoms. The van der Waals surface area contributed by atoms with Gasteiger partial charge in [0.1, 0.15) is 94.3 Å². The average Bonchev–Trinajstić information content (AvgIpc) is 1.64. The van der Waals surface area contributed by atoms with Gasteiger partial charge in [0.05, 0.1) is 37.0 Å². The van der Waals surface area contributed by atoms with Crippen molar-refractivity contribution in [2.24, 2.45) is 23.7 Å². The monoisotopic (exact) mass is 2100 g/mol. The maximum atomic E-state index is 13.6. The molecular weight excluding hydrogens is 1990 g/mol. The predicted octanol–water partition coefficient (Wildman–Crippen LogP) is 29.4. The number of phenols is 4. The van der Waals surface area contributed by atoms with Crippen molar-refractivity contribution in [3.8, 4) is 92.0 Å². The molecule has 0 unspecified atom stereocenters. The summed E-state index contributed by atoms with van der Waals surface area (Å²) in [5.41, 5.74) is -0.178. The van der Waals surface area contributed by atoms with Crippen molar-refractivity contribution < 1.29 is 95.1 Å². The molecule has 0 radical (unpaired) electrons. The van der Waals surface area contributed by atoms with E-state index >= 15 is 0 Å². The SMILES string of the molecule is C[C@@H]1CCN(CCCOc2ccc(Oc3c(C(=O)c4ccc(Cl)cc4)sc4cc(O)ccc34)cc2)C1.C[C@@H]1CCN(CCCOc2ccc(Oc3c(C(=O)c4ccc(F)cc4)sc4cc(O)ccc34)cc2)C1.C[C@@H]1CCN(CCCOc2ccc(Oc3c(C(=O)c4ccccc4C(F)(F)F)sc4cc(O)ccc34)cc2)C1.C[C@@H]1CCN(CCCOc2ccc(Oc3c(C(=O)c4ccccc4Cl)sc4cc(O)ccc34)cc2)C1. The number of carbonyl (C=O) groups is 4. The van der Waals surface area contributed by atoms with Crippen molar-refractivity contribution in [3.63, 3.8) is 0 Å². The fourth-order valence-electron chi connectivity index (χ4n) is 18.3. The first-order chi connectivity index (χ1) is 71.1. The normalized spacial score (nSPS) is 15.9. The van der Waals surface area contributed by atoms with Crippen LogP contribution in [0.4, 0.5) is 17.6 Å². The number of rotatable bonds is 36. The number of ketones is 4. The molecule has 4 aliphatic heterocycles. The van der Waals surface area contributed by atoms with E-state index in [1.807, 2.05) is 72.8 Å². The standard InChI is InChI=1S/C30H28F3NO4S.2C29H28ClNO4S.C29H28FNO4S/c1-19-13-15-34(18-19)14-4-16-37-21-8-10-22(11-9-21)38-28-24-12-7-20(35)17-26(24)39-29(28)27(36)23-5-2-3-6-25(23)30(31,32)33;1-19-13-15-31(18-19)14-2-16-34-23-8-10-24(11-9-23)35-28-25-12-7-22(32)17-26(25)36-29(28)27(33)20-3-5-21(30)6-4-20;1-19-13-15-31(18-19)14-4-16-34-21-8-10-22(11-9-21)35-28-24-12-7-20(32)17-26(24)36-29(28)27(33)23-5-2-3-6-25(23)30;1-19-13-15-31(18-19)14-2-16-34-23-8-10-24(11-9-23)35-28-25-12-7-22(32)17-26(25)36-29(28)27(33)20-3-5-21(30)6-4-20/h2-3,5-12,17,19,35H,4,13-16,18H2,1H3;3-12,17,19,32H,2,13-16,18H2,1H3;2-3,5-12,17,19,32H,4,13-16,18H2,1H3;3-12,17,19,32H,2,13-16,18H2,1H3/t4*19-/m1111/s1. The number of hydrogen-bond donors (Lipinski definition) is 4. The largest absolute Gasteiger partial charge is 0.508 e. The second-order valence-corrected chi connectivity index (χ2v) is 42.5. The average molecular weight is 2110 g/mol. The summed E-state index contributed by atoms with van der Waals surface area (Å²) in [5, 5.41) is 43.5. The van der Waals surface area contributed by atoms with E-state index < -0.39 is 28.9 Å². The van der Waals surface area contributed by atoms with Gasteiger partial charge >= 0.3 is 6.18 Å². The first-order valence-corrected chi connectivity index (χ1v) is 53.3. The lowest BCUT2D eigenvalue weighted by molar-refractivity contribution is -0.137. The van der Waals surface area contributed by atoms with E-state index in [9.17, 15) is 57.2 Å². The Kier molecular flexibility index (Phi) is 35.2. The molecule has 20 rings (SSSR count). The highest BCUT2D eigenvalue weighted by Crippen LogP contribution is 2.50. The highest BCUT2D eigenvalue weighted by Gasteiger charge is 2.38. The minimum atomic E-state index is -4.69. The van der Waals surface area contributed by atoms with E-state index in [0.29, 0.717) is 124 Å². The van der Waals surface area contributed by atoms with Gasteiger partial charge in [-0.3, -0.25) is 19.2 Å². The lowest BCUT2D eigenvalue weighted by atomic mass is 10.0. The molecule has 16 aromatic rings. The molecule has 30 heteroatoms. The number of thiophene rings is 4. The lowest BCUT2D eigenvalue weighted by Crippen LogP contribution is -2.22. The zero-order chi connectivity index (χ0) is 103. The molecule has 762 valence electrons. The van der Waals surface area contributed by atoms with Crippen molar-refractivity contribution in [1.29, 1.82) is 0 Å². The fourth-order valence-corrected chi connectivity index (χ4v) is 23.1. The Morgan fingerprint density at radius 2 is 0.599 bits per heavy atom. The molecule has 8 heterocycles. The number of fused-ring (bicyclic) bond motifs is 4. The first kappa shape index (κ1) is 105. The third-order valence-corrected chi connectivity index (χ3v) is 31.0. The number of ether oxygens (including phenoxy) is 8. The summed E-state index contributed by atoms with van der Waals surface area (Å²) in [6, 6.07) is 72.4. The molecule has 12 aromatic carbocycles. The van der Waals surface area contributed by atoms with Gasteiger partial charge in [-0.1, -0.05) is 81.2 Å². The van der Waals surface area contributed by atoms with Gasteiger partial charge in [-0.15, -0.1) is 45.3 Å². The molecule has 4 atom stereocenters. The van der Waals surface area contributed by atoms with E-state index in [1.54, 1.807) is 133 Å². The molecule has 20 nitrogen and oxygen atoms in total. The van der Waals surface area contributed by atoms with Crippen LogP contribution in [0.25, 0.3) is 40.3 Å². The summed E-state index contributed by atoms with van der Waals surface area (Å²) in [7, 11) is 0. The lowest BCUT2D eigenvalue weighted by Gasteiger charge is -2.15. The number of aromatic hydroxyl groups is 4. The van der Waals surface area contributed by atoms with Crippen LogP contribution in [0.2, 0.25) is 10.0 Å². The topological polar surface area (TPSA) is 236 Å². The Morgan fingerprint density at radius 3 is 0.884 bits per heavy atom.